The third-order valence-corrected chi connectivity index (χ3v) is 4.08. The summed E-state index contributed by atoms with van der Waals surface area (Å²) >= 11 is 0. The van der Waals surface area contributed by atoms with E-state index in [1.165, 1.54) is 12.5 Å². The van der Waals surface area contributed by atoms with Gasteiger partial charge in [-0.05, 0) is 43.2 Å². The first-order chi connectivity index (χ1) is 12.5. The second-order valence-electron chi connectivity index (χ2n) is 6.14. The van der Waals surface area contributed by atoms with E-state index >= 15 is 0 Å². The summed E-state index contributed by atoms with van der Waals surface area (Å²) < 4.78 is 5.45. The lowest BCUT2D eigenvalue weighted by Crippen LogP contribution is -2.39. The number of carbonyl (C=O) groups excluding carboxylic acids is 2. The Morgan fingerprint density at radius 2 is 1.69 bits per heavy atom. The zero-order chi connectivity index (χ0) is 18.9. The summed E-state index contributed by atoms with van der Waals surface area (Å²) in [6.45, 7) is 6.34. The number of hydrogen-bond donors (Lipinski definition) is 1. The predicted octanol–water partition coefficient (Wildman–Crippen LogP) is 3.11. The minimum Gasteiger partial charge on any atom is -0.484 e. The van der Waals surface area contributed by atoms with Gasteiger partial charge in [-0.1, -0.05) is 36.8 Å². The molecule has 2 aromatic carbocycles. The number of aryl methyl sites for hydroxylation is 2. The van der Waals surface area contributed by atoms with Crippen LogP contribution in [0.2, 0.25) is 0 Å². The molecule has 0 bridgehead atoms. The first-order valence-corrected chi connectivity index (χ1v) is 8.82. The number of amides is 2. The number of ether oxygens (including phenoxy) is 1. The molecule has 0 aliphatic carbocycles. The zero-order valence-corrected chi connectivity index (χ0v) is 15.6. The van der Waals surface area contributed by atoms with E-state index in [0.717, 1.165) is 17.7 Å². The molecule has 0 heterocycles. The lowest BCUT2D eigenvalue weighted by molar-refractivity contribution is -0.123. The van der Waals surface area contributed by atoms with Crippen LogP contribution in [0.15, 0.2) is 48.5 Å². The molecule has 0 unspecified atom stereocenters. The van der Waals surface area contributed by atoms with Crippen molar-refractivity contribution < 1.29 is 14.3 Å². The highest BCUT2D eigenvalue weighted by molar-refractivity contribution is 5.91. The first-order valence-electron chi connectivity index (χ1n) is 8.82. The zero-order valence-electron chi connectivity index (χ0n) is 15.6. The second-order valence-corrected chi connectivity index (χ2v) is 6.14. The summed E-state index contributed by atoms with van der Waals surface area (Å²) in [6, 6.07) is 15.4. The summed E-state index contributed by atoms with van der Waals surface area (Å²) in [5.74, 6) is 0.391. The molecule has 26 heavy (non-hydrogen) atoms. The molecule has 0 atom stereocenters. The lowest BCUT2D eigenvalue weighted by Gasteiger charge is -2.21. The molecule has 0 saturated carbocycles. The predicted molar refractivity (Wildman–Crippen MR) is 104 cm³/mol. The van der Waals surface area contributed by atoms with Crippen LogP contribution >= 0.6 is 0 Å². The normalized spacial score (nSPS) is 10.3. The molecule has 0 radical (unpaired) electrons. The van der Waals surface area contributed by atoms with Crippen molar-refractivity contribution in [1.82, 2.24) is 5.32 Å². The number of anilines is 1. The van der Waals surface area contributed by atoms with Gasteiger partial charge in [0, 0.05) is 25.7 Å². The minimum atomic E-state index is -0.213. The van der Waals surface area contributed by atoms with Crippen LogP contribution in [0.1, 0.15) is 25.0 Å². The smallest absolute Gasteiger partial charge is 0.258 e. The quantitative estimate of drug-likeness (QED) is 0.792. The van der Waals surface area contributed by atoms with Crippen LogP contribution in [0.3, 0.4) is 0 Å². The van der Waals surface area contributed by atoms with E-state index < -0.39 is 0 Å². The summed E-state index contributed by atoms with van der Waals surface area (Å²) in [6.07, 6.45) is 0.956. The van der Waals surface area contributed by atoms with Gasteiger partial charge in [0.05, 0.1) is 0 Å². The Hall–Kier alpha value is -2.82. The van der Waals surface area contributed by atoms with Gasteiger partial charge in [0.25, 0.3) is 5.91 Å². The van der Waals surface area contributed by atoms with E-state index in [2.05, 4.69) is 12.2 Å². The fraction of sp³-hybridized carbons (Fsp3) is 0.333. The van der Waals surface area contributed by atoms with Gasteiger partial charge in [0.1, 0.15) is 5.75 Å². The molecular weight excluding hydrogens is 328 g/mol. The van der Waals surface area contributed by atoms with Crippen molar-refractivity contribution in [2.45, 2.75) is 27.2 Å². The maximum absolute atomic E-state index is 11.9. The number of hydrogen-bond acceptors (Lipinski definition) is 3. The van der Waals surface area contributed by atoms with E-state index in [4.69, 9.17) is 4.74 Å². The molecule has 0 saturated heterocycles. The number of carbonyl (C=O) groups is 2. The Bertz CT molecular complexity index is 724. The molecule has 2 rings (SSSR count). The van der Waals surface area contributed by atoms with Crippen molar-refractivity contribution in [3.05, 3.63) is 59.7 Å². The van der Waals surface area contributed by atoms with Gasteiger partial charge in [-0.25, -0.2) is 0 Å². The van der Waals surface area contributed by atoms with Crippen LogP contribution < -0.4 is 15.0 Å². The lowest BCUT2D eigenvalue weighted by atomic mass is 10.1. The van der Waals surface area contributed by atoms with Gasteiger partial charge in [0.2, 0.25) is 5.91 Å². The number of rotatable bonds is 8. The van der Waals surface area contributed by atoms with Gasteiger partial charge < -0.3 is 15.0 Å². The van der Waals surface area contributed by atoms with Crippen LogP contribution in [-0.4, -0.2) is 31.5 Å². The minimum absolute atomic E-state index is 0.0473. The van der Waals surface area contributed by atoms with Crippen molar-refractivity contribution in [1.29, 1.82) is 0 Å². The largest absolute Gasteiger partial charge is 0.484 e. The fourth-order valence-corrected chi connectivity index (χ4v) is 2.52. The van der Waals surface area contributed by atoms with Gasteiger partial charge >= 0.3 is 0 Å². The Kier molecular flexibility index (Phi) is 7.21. The Morgan fingerprint density at radius 3 is 2.27 bits per heavy atom. The van der Waals surface area contributed by atoms with E-state index in [9.17, 15) is 9.59 Å². The van der Waals surface area contributed by atoms with Crippen molar-refractivity contribution >= 4 is 17.5 Å². The Morgan fingerprint density at radius 1 is 1.04 bits per heavy atom. The highest BCUT2D eigenvalue weighted by Gasteiger charge is 2.12. The fourth-order valence-electron chi connectivity index (χ4n) is 2.52. The Labute approximate surface area is 155 Å². The molecule has 0 aliphatic heterocycles. The Balaban J connectivity index is 1.80. The third kappa shape index (κ3) is 5.92. The van der Waals surface area contributed by atoms with Crippen LogP contribution in [0.25, 0.3) is 0 Å². The molecule has 0 fully saturated rings. The summed E-state index contributed by atoms with van der Waals surface area (Å²) in [4.78, 5) is 25.5. The molecule has 1 N–H and O–H groups in total. The van der Waals surface area contributed by atoms with E-state index in [1.54, 1.807) is 4.90 Å². The standard InChI is InChI=1S/C21H26N2O3/c1-4-18-7-9-19(10-8-18)23(17(3)24)14-13-22-21(25)15-26-20-11-5-16(2)6-12-20/h5-12H,4,13-15H2,1-3H3,(H,22,25). The average molecular weight is 354 g/mol. The molecule has 2 aromatic rings. The second kappa shape index (κ2) is 9.61. The number of nitrogens with zero attached hydrogens (tertiary/aromatic N) is 1. The SMILES string of the molecule is CCc1ccc(N(CCNC(=O)COc2ccc(C)cc2)C(C)=O)cc1. The van der Waals surface area contributed by atoms with Gasteiger partial charge in [0.15, 0.2) is 6.61 Å². The van der Waals surface area contributed by atoms with E-state index in [1.807, 2.05) is 55.5 Å². The monoisotopic (exact) mass is 354 g/mol. The summed E-state index contributed by atoms with van der Waals surface area (Å²) in [5.41, 5.74) is 3.19. The number of benzene rings is 2. The van der Waals surface area contributed by atoms with Crippen LogP contribution in [0, 0.1) is 6.92 Å². The van der Waals surface area contributed by atoms with Gasteiger partial charge in [-0.2, -0.15) is 0 Å². The van der Waals surface area contributed by atoms with Crippen molar-refractivity contribution in [2.75, 3.05) is 24.6 Å². The molecular formula is C21H26N2O3. The summed E-state index contributed by atoms with van der Waals surface area (Å²) in [7, 11) is 0. The molecule has 5 nitrogen and oxygen atoms in total. The topological polar surface area (TPSA) is 58.6 Å². The van der Waals surface area contributed by atoms with Gasteiger partial charge in [-0.3, -0.25) is 9.59 Å². The van der Waals surface area contributed by atoms with Crippen molar-refractivity contribution in [3.8, 4) is 5.75 Å². The molecule has 0 aromatic heterocycles. The highest BCUT2D eigenvalue weighted by Crippen LogP contribution is 2.15. The highest BCUT2D eigenvalue weighted by atomic mass is 16.5. The van der Waals surface area contributed by atoms with E-state index in [0.29, 0.717) is 18.8 Å². The van der Waals surface area contributed by atoms with Crippen molar-refractivity contribution in [2.24, 2.45) is 0 Å². The molecule has 0 aliphatic rings. The number of nitrogens with one attached hydrogen (secondary N) is 1. The molecule has 138 valence electrons. The first kappa shape index (κ1) is 19.5. The maximum Gasteiger partial charge on any atom is 0.258 e. The van der Waals surface area contributed by atoms with Gasteiger partial charge in [-0.15, -0.1) is 0 Å². The molecule has 0 spiro atoms. The third-order valence-electron chi connectivity index (χ3n) is 4.08. The average Bonchev–Trinajstić information content (AvgIpc) is 2.64. The van der Waals surface area contributed by atoms with Crippen LogP contribution in [0.5, 0.6) is 5.75 Å². The maximum atomic E-state index is 11.9. The van der Waals surface area contributed by atoms with Crippen LogP contribution in [-0.2, 0) is 16.0 Å². The van der Waals surface area contributed by atoms with Crippen LogP contribution in [0.4, 0.5) is 5.69 Å². The molecule has 2 amide bonds. The van der Waals surface area contributed by atoms with Crippen molar-refractivity contribution in [3.63, 3.8) is 0 Å². The summed E-state index contributed by atoms with van der Waals surface area (Å²) in [5, 5.41) is 2.78. The molecule has 5 heteroatoms. The van der Waals surface area contributed by atoms with E-state index in [-0.39, 0.29) is 18.4 Å².